The first-order valence-electron chi connectivity index (χ1n) is 7.86. The molecule has 6 nitrogen and oxygen atoms in total. The maximum absolute atomic E-state index is 12.8. The Kier molecular flexibility index (Phi) is 5.26. The summed E-state index contributed by atoms with van der Waals surface area (Å²) < 4.78 is 26.7. The van der Waals surface area contributed by atoms with Crippen molar-refractivity contribution in [3.05, 3.63) is 76.5 Å². The molecule has 0 bridgehead atoms. The molecule has 0 spiro atoms. The van der Waals surface area contributed by atoms with Crippen molar-refractivity contribution in [1.29, 1.82) is 5.26 Å². The minimum atomic E-state index is -3.78. The van der Waals surface area contributed by atoms with Gasteiger partial charge in [0.15, 0.2) is 0 Å². The highest BCUT2D eigenvalue weighted by molar-refractivity contribution is 7.92. The highest BCUT2D eigenvalue weighted by atomic mass is 32.2. The Morgan fingerprint density at radius 3 is 2.56 bits per heavy atom. The first kappa shape index (κ1) is 18.6. The number of thiophene rings is 1. The maximum atomic E-state index is 12.8. The number of hydrogen-bond donors (Lipinski definition) is 1. The number of nitrogens with one attached hydrogen (secondary N) is 1. The Labute approximate surface area is 161 Å². The number of anilines is 2. The van der Waals surface area contributed by atoms with Crippen molar-refractivity contribution in [3.63, 3.8) is 0 Å². The van der Waals surface area contributed by atoms with Gasteiger partial charge < -0.3 is 5.32 Å². The molecular formula is C19H15N3O3S2. The van der Waals surface area contributed by atoms with E-state index in [2.05, 4.69) is 5.32 Å². The molecule has 0 fully saturated rings. The number of hydrogen-bond acceptors (Lipinski definition) is 5. The van der Waals surface area contributed by atoms with Crippen molar-refractivity contribution in [1.82, 2.24) is 0 Å². The molecule has 2 aromatic carbocycles. The number of sulfonamides is 1. The van der Waals surface area contributed by atoms with Gasteiger partial charge in [-0.05, 0) is 41.8 Å². The Morgan fingerprint density at radius 2 is 1.85 bits per heavy atom. The number of amides is 1. The Hall–Kier alpha value is -3.15. The van der Waals surface area contributed by atoms with Crippen molar-refractivity contribution in [2.24, 2.45) is 0 Å². The molecule has 1 N–H and O–H groups in total. The van der Waals surface area contributed by atoms with Crippen LogP contribution in [0.5, 0.6) is 0 Å². The molecule has 8 heteroatoms. The summed E-state index contributed by atoms with van der Waals surface area (Å²) >= 11 is 1.14. The van der Waals surface area contributed by atoms with Gasteiger partial charge in [-0.3, -0.25) is 9.10 Å². The van der Waals surface area contributed by atoms with Gasteiger partial charge >= 0.3 is 0 Å². The Morgan fingerprint density at radius 1 is 1.11 bits per heavy atom. The molecule has 0 radical (unpaired) electrons. The van der Waals surface area contributed by atoms with Gasteiger partial charge in [-0.25, -0.2) is 8.42 Å². The molecule has 136 valence electrons. The smallest absolute Gasteiger partial charge is 0.267 e. The van der Waals surface area contributed by atoms with E-state index in [9.17, 15) is 13.2 Å². The Bertz CT molecular complexity index is 1120. The monoisotopic (exact) mass is 397 g/mol. The lowest BCUT2D eigenvalue weighted by Crippen LogP contribution is -2.28. The average Bonchev–Trinajstić information content (AvgIpc) is 3.18. The van der Waals surface area contributed by atoms with Crippen LogP contribution in [0.15, 0.2) is 70.9 Å². The molecule has 1 heterocycles. The molecule has 0 aliphatic rings. The summed E-state index contributed by atoms with van der Waals surface area (Å²) in [6.45, 7) is 0. The van der Waals surface area contributed by atoms with Crippen molar-refractivity contribution in [3.8, 4) is 6.07 Å². The maximum Gasteiger partial charge on any atom is 0.267 e. The van der Waals surface area contributed by atoms with Crippen molar-refractivity contribution < 1.29 is 13.2 Å². The second kappa shape index (κ2) is 7.61. The van der Waals surface area contributed by atoms with Crippen LogP contribution < -0.4 is 9.62 Å². The van der Waals surface area contributed by atoms with E-state index >= 15 is 0 Å². The van der Waals surface area contributed by atoms with Gasteiger partial charge in [0.05, 0.1) is 22.2 Å². The minimum Gasteiger partial charge on any atom is -0.321 e. The van der Waals surface area contributed by atoms with Gasteiger partial charge in [0.2, 0.25) is 0 Å². The average molecular weight is 397 g/mol. The van der Waals surface area contributed by atoms with Gasteiger partial charge in [0, 0.05) is 12.7 Å². The number of rotatable bonds is 5. The van der Waals surface area contributed by atoms with E-state index in [0.717, 1.165) is 15.6 Å². The molecule has 3 aromatic rings. The number of carbonyl (C=O) groups excluding carboxylic acids is 1. The van der Waals surface area contributed by atoms with E-state index < -0.39 is 15.9 Å². The second-order valence-corrected chi connectivity index (χ2v) is 8.45. The predicted octanol–water partition coefficient (Wildman–Crippen LogP) is 3.70. The SMILES string of the molecule is CN(c1ccsc1C(=O)Nc1cccc(C#N)c1)S(=O)(=O)c1ccccc1. The van der Waals surface area contributed by atoms with Crippen LogP contribution in [0.25, 0.3) is 0 Å². The minimum absolute atomic E-state index is 0.145. The van der Waals surface area contributed by atoms with Crippen LogP contribution in [-0.4, -0.2) is 21.4 Å². The third kappa shape index (κ3) is 3.84. The van der Waals surface area contributed by atoms with Crippen LogP contribution in [0.4, 0.5) is 11.4 Å². The van der Waals surface area contributed by atoms with Gasteiger partial charge in [0.1, 0.15) is 4.88 Å². The van der Waals surface area contributed by atoms with Crippen molar-refractivity contribution in [2.75, 3.05) is 16.7 Å². The summed E-state index contributed by atoms with van der Waals surface area (Å²) in [5, 5.41) is 13.3. The summed E-state index contributed by atoms with van der Waals surface area (Å²) in [5.41, 5.74) is 1.17. The van der Waals surface area contributed by atoms with Gasteiger partial charge in [-0.1, -0.05) is 24.3 Å². The third-order valence-corrected chi connectivity index (χ3v) is 6.53. The Balaban J connectivity index is 1.89. The standard InChI is InChI=1S/C19H15N3O3S2/c1-22(27(24,25)16-8-3-2-4-9-16)17-10-11-26-18(17)19(23)21-15-7-5-6-14(12-15)13-20/h2-12H,1H3,(H,21,23). The predicted molar refractivity (Wildman–Crippen MR) is 105 cm³/mol. The fourth-order valence-corrected chi connectivity index (χ4v) is 4.56. The van der Waals surface area contributed by atoms with E-state index in [1.807, 2.05) is 6.07 Å². The van der Waals surface area contributed by atoms with Crippen LogP contribution >= 0.6 is 11.3 Å². The highest BCUT2D eigenvalue weighted by Gasteiger charge is 2.26. The van der Waals surface area contributed by atoms with Crippen LogP contribution in [0.2, 0.25) is 0 Å². The normalized spacial score (nSPS) is 10.8. The van der Waals surface area contributed by atoms with E-state index in [1.165, 1.54) is 19.2 Å². The summed E-state index contributed by atoms with van der Waals surface area (Å²) in [5.74, 6) is -0.440. The third-order valence-electron chi connectivity index (χ3n) is 3.84. The van der Waals surface area contributed by atoms with Gasteiger partial charge in [0.25, 0.3) is 15.9 Å². The van der Waals surface area contributed by atoms with Gasteiger partial charge in [-0.2, -0.15) is 5.26 Å². The lowest BCUT2D eigenvalue weighted by molar-refractivity contribution is 0.103. The van der Waals surface area contributed by atoms with Crippen molar-refractivity contribution in [2.45, 2.75) is 4.90 Å². The summed E-state index contributed by atoms with van der Waals surface area (Å²) in [6.07, 6.45) is 0. The van der Waals surface area contributed by atoms with Crippen LogP contribution in [0, 0.1) is 11.3 Å². The van der Waals surface area contributed by atoms with E-state index in [-0.39, 0.29) is 15.5 Å². The lowest BCUT2D eigenvalue weighted by atomic mass is 10.2. The first-order valence-corrected chi connectivity index (χ1v) is 10.2. The van der Waals surface area contributed by atoms with E-state index in [1.54, 1.807) is 53.9 Å². The fraction of sp³-hybridized carbons (Fsp3) is 0.0526. The highest BCUT2D eigenvalue weighted by Crippen LogP contribution is 2.30. The fourth-order valence-electron chi connectivity index (χ4n) is 2.45. The molecule has 0 saturated carbocycles. The molecule has 0 saturated heterocycles. The van der Waals surface area contributed by atoms with Crippen LogP contribution in [0.3, 0.4) is 0 Å². The molecule has 0 atom stereocenters. The molecular weight excluding hydrogens is 382 g/mol. The topological polar surface area (TPSA) is 90.3 Å². The molecule has 0 unspecified atom stereocenters. The first-order chi connectivity index (χ1) is 12.9. The zero-order valence-corrected chi connectivity index (χ0v) is 15.9. The number of nitrogens with zero attached hydrogens (tertiary/aromatic N) is 2. The van der Waals surface area contributed by atoms with Crippen LogP contribution in [0.1, 0.15) is 15.2 Å². The summed E-state index contributed by atoms with van der Waals surface area (Å²) in [7, 11) is -2.37. The second-order valence-electron chi connectivity index (χ2n) is 5.57. The zero-order valence-electron chi connectivity index (χ0n) is 14.3. The molecule has 1 aromatic heterocycles. The van der Waals surface area contributed by atoms with Gasteiger partial charge in [-0.15, -0.1) is 11.3 Å². The summed E-state index contributed by atoms with van der Waals surface area (Å²) in [6, 6.07) is 18.1. The molecule has 0 aliphatic carbocycles. The number of nitriles is 1. The largest absolute Gasteiger partial charge is 0.321 e. The van der Waals surface area contributed by atoms with E-state index in [4.69, 9.17) is 5.26 Å². The van der Waals surface area contributed by atoms with E-state index in [0.29, 0.717) is 11.3 Å². The molecule has 0 aliphatic heterocycles. The van der Waals surface area contributed by atoms with Crippen LogP contribution in [-0.2, 0) is 10.0 Å². The number of carbonyl (C=O) groups is 1. The number of benzene rings is 2. The zero-order chi connectivity index (χ0) is 19.4. The molecule has 3 rings (SSSR count). The lowest BCUT2D eigenvalue weighted by Gasteiger charge is -2.19. The quantitative estimate of drug-likeness (QED) is 0.711. The molecule has 1 amide bonds. The molecule has 27 heavy (non-hydrogen) atoms. The summed E-state index contributed by atoms with van der Waals surface area (Å²) in [4.78, 5) is 13.1. The van der Waals surface area contributed by atoms with Crippen molar-refractivity contribution >= 4 is 38.6 Å².